The molecule has 0 atom stereocenters. The normalized spacial score (nSPS) is 12.2. The molecule has 0 radical (unpaired) electrons. The zero-order valence-corrected chi connectivity index (χ0v) is 6.54. The molecule has 0 saturated carbocycles. The molecule has 0 saturated heterocycles. The number of halogens is 1. The second kappa shape index (κ2) is 6.23. The SMILES string of the molecule is C=C(/C=C\C)N=CN=CCl. The van der Waals surface area contributed by atoms with Gasteiger partial charge in [0, 0.05) is 0 Å². The van der Waals surface area contributed by atoms with Gasteiger partial charge in [0.25, 0.3) is 0 Å². The standard InChI is InChI=1S/C7H9ClN2/c1-3-4-7(2)10-6-9-5-8/h3-6H,2H2,1H3/b4-3-,9-5?,10-6?. The van der Waals surface area contributed by atoms with E-state index in [0.29, 0.717) is 5.70 Å². The van der Waals surface area contributed by atoms with Crippen LogP contribution in [0.15, 0.2) is 34.4 Å². The first-order valence-corrected chi connectivity index (χ1v) is 3.21. The summed E-state index contributed by atoms with van der Waals surface area (Å²) in [7, 11) is 0. The smallest absolute Gasteiger partial charge is 0.117 e. The van der Waals surface area contributed by atoms with Gasteiger partial charge in [-0.05, 0) is 13.0 Å². The van der Waals surface area contributed by atoms with Crippen molar-refractivity contribution < 1.29 is 0 Å². The van der Waals surface area contributed by atoms with E-state index in [0.717, 1.165) is 5.67 Å². The lowest BCUT2D eigenvalue weighted by atomic mass is 10.4. The van der Waals surface area contributed by atoms with E-state index in [-0.39, 0.29) is 0 Å². The number of aliphatic imine (C=N–C) groups is 2. The molecule has 0 aromatic rings. The third kappa shape index (κ3) is 5.25. The summed E-state index contributed by atoms with van der Waals surface area (Å²) in [5.41, 5.74) is 1.80. The average molecular weight is 157 g/mol. The average Bonchev–Trinajstić information content (AvgIpc) is 1.89. The minimum absolute atomic E-state index is 0.657. The molecule has 10 heavy (non-hydrogen) atoms. The van der Waals surface area contributed by atoms with E-state index in [4.69, 9.17) is 11.6 Å². The zero-order chi connectivity index (χ0) is 7.82. The van der Waals surface area contributed by atoms with Crippen LogP contribution in [0.5, 0.6) is 0 Å². The van der Waals surface area contributed by atoms with Crippen molar-refractivity contribution in [2.24, 2.45) is 9.98 Å². The maximum atomic E-state index is 5.13. The van der Waals surface area contributed by atoms with Crippen molar-refractivity contribution in [1.82, 2.24) is 0 Å². The lowest BCUT2D eigenvalue weighted by molar-refractivity contribution is 1.42. The minimum Gasteiger partial charge on any atom is -0.238 e. The monoisotopic (exact) mass is 156 g/mol. The summed E-state index contributed by atoms with van der Waals surface area (Å²) in [5.74, 6) is 0. The first-order valence-electron chi connectivity index (χ1n) is 2.77. The summed E-state index contributed by atoms with van der Waals surface area (Å²) in [4.78, 5) is 7.36. The predicted molar refractivity (Wildman–Crippen MR) is 46.8 cm³/mol. The van der Waals surface area contributed by atoms with Crippen LogP contribution >= 0.6 is 11.6 Å². The quantitative estimate of drug-likeness (QED) is 0.341. The van der Waals surface area contributed by atoms with Gasteiger partial charge in [0.05, 0.1) is 11.4 Å². The molecule has 0 aromatic heterocycles. The Hall–Kier alpha value is -0.890. The summed E-state index contributed by atoms with van der Waals surface area (Å²) in [6, 6.07) is 0. The van der Waals surface area contributed by atoms with E-state index in [1.54, 1.807) is 6.08 Å². The molecule has 0 spiro atoms. The highest BCUT2D eigenvalue weighted by Gasteiger charge is 1.74. The molecule has 0 amide bonds. The van der Waals surface area contributed by atoms with Crippen molar-refractivity contribution in [1.29, 1.82) is 0 Å². The van der Waals surface area contributed by atoms with Gasteiger partial charge in [-0.15, -0.1) is 0 Å². The fourth-order valence-electron chi connectivity index (χ4n) is 0.368. The zero-order valence-electron chi connectivity index (χ0n) is 5.79. The van der Waals surface area contributed by atoms with Crippen LogP contribution in [0.4, 0.5) is 0 Å². The van der Waals surface area contributed by atoms with Gasteiger partial charge in [-0.25, -0.2) is 9.98 Å². The van der Waals surface area contributed by atoms with Crippen LogP contribution in [0.25, 0.3) is 0 Å². The molecule has 0 aromatic carbocycles. The second-order valence-corrected chi connectivity index (χ2v) is 1.68. The minimum atomic E-state index is 0.657. The van der Waals surface area contributed by atoms with Gasteiger partial charge in [-0.1, -0.05) is 24.3 Å². The van der Waals surface area contributed by atoms with E-state index >= 15 is 0 Å². The second-order valence-electron chi connectivity index (χ2n) is 1.48. The number of allylic oxidation sites excluding steroid dienone is 2. The highest BCUT2D eigenvalue weighted by Crippen LogP contribution is 1.92. The van der Waals surface area contributed by atoms with Gasteiger partial charge in [0.1, 0.15) is 6.34 Å². The molecular weight excluding hydrogens is 148 g/mol. The van der Waals surface area contributed by atoms with Crippen LogP contribution in [0.1, 0.15) is 6.92 Å². The molecule has 3 heteroatoms. The highest BCUT2D eigenvalue weighted by molar-refractivity contribution is 6.56. The Morgan fingerprint density at radius 2 is 2.30 bits per heavy atom. The summed E-state index contributed by atoms with van der Waals surface area (Å²) in [5, 5.41) is 0. The van der Waals surface area contributed by atoms with Gasteiger partial charge in [-0.2, -0.15) is 0 Å². The first-order chi connectivity index (χ1) is 4.81. The summed E-state index contributed by atoms with van der Waals surface area (Å²) in [6.45, 7) is 5.51. The van der Waals surface area contributed by atoms with E-state index in [1.807, 2.05) is 13.0 Å². The molecule has 0 N–H and O–H groups in total. The first kappa shape index (κ1) is 9.11. The molecule has 0 aliphatic heterocycles. The van der Waals surface area contributed by atoms with Gasteiger partial charge in [0.15, 0.2) is 0 Å². The fourth-order valence-corrected chi connectivity index (χ4v) is 0.419. The Morgan fingerprint density at radius 1 is 1.60 bits per heavy atom. The Balaban J connectivity index is 3.78. The predicted octanol–water partition coefficient (Wildman–Crippen LogP) is 2.37. The Morgan fingerprint density at radius 3 is 2.80 bits per heavy atom. The highest BCUT2D eigenvalue weighted by atomic mass is 35.5. The van der Waals surface area contributed by atoms with Crippen molar-refractivity contribution >= 4 is 23.6 Å². The van der Waals surface area contributed by atoms with Crippen LogP contribution in [0.2, 0.25) is 0 Å². The molecular formula is C7H9ClN2. The summed E-state index contributed by atoms with van der Waals surface area (Å²) in [6.07, 6.45) is 4.97. The van der Waals surface area contributed by atoms with Gasteiger partial charge >= 0.3 is 0 Å². The number of rotatable bonds is 3. The van der Waals surface area contributed by atoms with Gasteiger partial charge in [0.2, 0.25) is 0 Å². The van der Waals surface area contributed by atoms with Crippen LogP contribution in [-0.2, 0) is 0 Å². The molecule has 0 unspecified atom stereocenters. The largest absolute Gasteiger partial charge is 0.238 e. The molecule has 0 aliphatic carbocycles. The molecule has 0 heterocycles. The van der Waals surface area contributed by atoms with Crippen LogP contribution < -0.4 is 0 Å². The molecule has 0 bridgehead atoms. The lowest BCUT2D eigenvalue weighted by Crippen LogP contribution is -1.69. The maximum absolute atomic E-state index is 5.13. The molecule has 2 nitrogen and oxygen atoms in total. The molecule has 0 fully saturated rings. The maximum Gasteiger partial charge on any atom is 0.117 e. The molecule has 54 valence electrons. The van der Waals surface area contributed by atoms with Crippen LogP contribution in [0, 0.1) is 0 Å². The Bertz CT molecular complexity index is 180. The van der Waals surface area contributed by atoms with Crippen molar-refractivity contribution in [2.45, 2.75) is 6.92 Å². The lowest BCUT2D eigenvalue weighted by Gasteiger charge is -1.83. The topological polar surface area (TPSA) is 24.7 Å². The van der Waals surface area contributed by atoms with E-state index < -0.39 is 0 Å². The Kier molecular flexibility index (Phi) is 5.68. The van der Waals surface area contributed by atoms with E-state index in [2.05, 4.69) is 16.6 Å². The van der Waals surface area contributed by atoms with Crippen molar-refractivity contribution in [3.05, 3.63) is 24.4 Å². The molecule has 0 rings (SSSR count). The third-order valence-corrected chi connectivity index (χ3v) is 0.818. The number of hydrogen-bond donors (Lipinski definition) is 0. The summed E-state index contributed by atoms with van der Waals surface area (Å²) >= 11 is 5.13. The molecule has 0 aliphatic rings. The van der Waals surface area contributed by atoms with Gasteiger partial charge < -0.3 is 0 Å². The van der Waals surface area contributed by atoms with E-state index in [1.165, 1.54) is 6.34 Å². The third-order valence-electron chi connectivity index (χ3n) is 0.706. The fraction of sp³-hybridized carbons (Fsp3) is 0.143. The van der Waals surface area contributed by atoms with E-state index in [9.17, 15) is 0 Å². The van der Waals surface area contributed by atoms with Crippen LogP contribution in [0.3, 0.4) is 0 Å². The Labute approximate surface area is 65.6 Å². The number of nitrogens with zero attached hydrogens (tertiary/aromatic N) is 2. The van der Waals surface area contributed by atoms with Crippen molar-refractivity contribution in [2.75, 3.05) is 0 Å². The van der Waals surface area contributed by atoms with Gasteiger partial charge in [-0.3, -0.25) is 0 Å². The van der Waals surface area contributed by atoms with Crippen molar-refractivity contribution in [3.63, 3.8) is 0 Å². The van der Waals surface area contributed by atoms with Crippen molar-refractivity contribution in [3.8, 4) is 0 Å². The number of hydrogen-bond acceptors (Lipinski definition) is 1. The summed E-state index contributed by atoms with van der Waals surface area (Å²) < 4.78 is 0. The van der Waals surface area contributed by atoms with Crippen LogP contribution in [-0.4, -0.2) is 12.0 Å².